The van der Waals surface area contributed by atoms with Gasteiger partial charge in [-0.05, 0) is 47.4 Å². The Labute approximate surface area is 121 Å². The normalized spacial score (nSPS) is 18.8. The quantitative estimate of drug-likeness (QED) is 0.710. The second-order valence-corrected chi connectivity index (χ2v) is 5.90. The van der Waals surface area contributed by atoms with Gasteiger partial charge in [-0.15, -0.1) is 0 Å². The number of nitrogens with zero attached hydrogens (tertiary/aromatic N) is 3. The molecule has 0 N–H and O–H groups in total. The van der Waals surface area contributed by atoms with E-state index >= 15 is 0 Å². The van der Waals surface area contributed by atoms with E-state index < -0.39 is 0 Å². The highest BCUT2D eigenvalue weighted by Gasteiger charge is 2.28. The van der Waals surface area contributed by atoms with Crippen LogP contribution in [0.1, 0.15) is 24.4 Å². The average molecular weight is 281 g/mol. The zero-order valence-electron chi connectivity index (χ0n) is 11.1. The van der Waals surface area contributed by atoms with Gasteiger partial charge in [-0.1, -0.05) is 12.1 Å². The van der Waals surface area contributed by atoms with Gasteiger partial charge in [0.05, 0.1) is 11.6 Å². The van der Waals surface area contributed by atoms with Crippen molar-refractivity contribution < 1.29 is 0 Å². The molecule has 0 bridgehead atoms. The smallest absolute Gasteiger partial charge is 0.140 e. The number of aromatic nitrogens is 2. The van der Waals surface area contributed by atoms with Crippen LogP contribution in [0, 0.1) is 0 Å². The fraction of sp³-hybridized carbons (Fsp3) is 0.250. The van der Waals surface area contributed by atoms with Crippen molar-refractivity contribution in [2.75, 3.05) is 11.4 Å². The van der Waals surface area contributed by atoms with Crippen molar-refractivity contribution in [1.82, 2.24) is 9.97 Å². The van der Waals surface area contributed by atoms with Gasteiger partial charge >= 0.3 is 0 Å². The van der Waals surface area contributed by atoms with Crippen LogP contribution in [0.15, 0.2) is 47.4 Å². The molecule has 0 aliphatic carbocycles. The van der Waals surface area contributed by atoms with Crippen LogP contribution >= 0.6 is 11.3 Å². The Morgan fingerprint density at radius 2 is 2.10 bits per heavy atom. The lowest BCUT2D eigenvalue weighted by atomic mass is 10.1. The first-order valence-electron chi connectivity index (χ1n) is 6.92. The number of benzene rings is 1. The second-order valence-electron chi connectivity index (χ2n) is 5.12. The number of fused-ring (bicyclic) bond motifs is 1. The largest absolute Gasteiger partial charge is 0.349 e. The van der Waals surface area contributed by atoms with Gasteiger partial charge in [0.25, 0.3) is 0 Å². The molecule has 0 saturated carbocycles. The van der Waals surface area contributed by atoms with Crippen LogP contribution in [0.25, 0.3) is 10.9 Å². The van der Waals surface area contributed by atoms with Crippen LogP contribution in [-0.4, -0.2) is 16.5 Å². The summed E-state index contributed by atoms with van der Waals surface area (Å²) in [4.78, 5) is 11.4. The molecule has 1 aromatic carbocycles. The minimum absolute atomic E-state index is 0.458. The third kappa shape index (κ3) is 1.88. The summed E-state index contributed by atoms with van der Waals surface area (Å²) in [6.45, 7) is 1.07. The highest BCUT2D eigenvalue weighted by Crippen LogP contribution is 2.38. The fourth-order valence-electron chi connectivity index (χ4n) is 3.05. The van der Waals surface area contributed by atoms with Gasteiger partial charge in [0, 0.05) is 11.9 Å². The van der Waals surface area contributed by atoms with Crippen LogP contribution in [0.3, 0.4) is 0 Å². The standard InChI is InChI=1S/C16H15N3S/c1-2-5-14-13(4-1)16(18-11-17-14)19-8-3-6-15(19)12-7-9-20-10-12/h1-2,4-5,7,9-11,15H,3,6,8H2. The Balaban J connectivity index is 1.82. The Bertz CT molecular complexity index is 718. The topological polar surface area (TPSA) is 29.0 Å². The van der Waals surface area contributed by atoms with Crippen molar-refractivity contribution in [3.8, 4) is 0 Å². The van der Waals surface area contributed by atoms with E-state index in [2.05, 4.69) is 49.9 Å². The molecule has 3 aromatic rings. The van der Waals surface area contributed by atoms with Gasteiger partial charge in [0.15, 0.2) is 0 Å². The molecule has 1 fully saturated rings. The Morgan fingerprint density at radius 3 is 3.00 bits per heavy atom. The molecule has 1 unspecified atom stereocenters. The molecule has 1 aliphatic heterocycles. The third-order valence-corrected chi connectivity index (χ3v) is 4.68. The molecular formula is C16H15N3S. The van der Waals surface area contributed by atoms with Crippen molar-refractivity contribution in [1.29, 1.82) is 0 Å². The summed E-state index contributed by atoms with van der Waals surface area (Å²) in [5.74, 6) is 1.07. The molecule has 20 heavy (non-hydrogen) atoms. The minimum atomic E-state index is 0.458. The first-order valence-corrected chi connectivity index (χ1v) is 7.86. The predicted molar refractivity (Wildman–Crippen MR) is 83.2 cm³/mol. The van der Waals surface area contributed by atoms with E-state index in [0.717, 1.165) is 23.3 Å². The number of hydrogen-bond donors (Lipinski definition) is 0. The SMILES string of the molecule is c1ccc2c(N3CCCC3c3ccsc3)ncnc2c1. The second kappa shape index (κ2) is 4.87. The number of thiophene rings is 1. The lowest BCUT2D eigenvalue weighted by molar-refractivity contribution is 0.716. The highest BCUT2D eigenvalue weighted by molar-refractivity contribution is 7.08. The number of anilines is 1. The molecule has 1 atom stereocenters. The van der Waals surface area contributed by atoms with E-state index in [9.17, 15) is 0 Å². The molecule has 100 valence electrons. The lowest BCUT2D eigenvalue weighted by Crippen LogP contribution is -2.23. The van der Waals surface area contributed by atoms with Crippen LogP contribution in [-0.2, 0) is 0 Å². The molecule has 0 spiro atoms. The van der Waals surface area contributed by atoms with Crippen molar-refractivity contribution in [3.05, 3.63) is 53.0 Å². The maximum Gasteiger partial charge on any atom is 0.140 e. The van der Waals surface area contributed by atoms with E-state index in [1.54, 1.807) is 17.7 Å². The van der Waals surface area contributed by atoms with Crippen molar-refractivity contribution >= 4 is 28.1 Å². The van der Waals surface area contributed by atoms with Crippen LogP contribution in [0.5, 0.6) is 0 Å². The molecule has 4 heteroatoms. The summed E-state index contributed by atoms with van der Waals surface area (Å²) in [5, 5.41) is 5.56. The van der Waals surface area contributed by atoms with Gasteiger partial charge in [-0.3, -0.25) is 0 Å². The lowest BCUT2D eigenvalue weighted by Gasteiger charge is -2.26. The average Bonchev–Trinajstić information content (AvgIpc) is 3.17. The molecule has 3 nitrogen and oxygen atoms in total. The van der Waals surface area contributed by atoms with Crippen molar-refractivity contribution in [3.63, 3.8) is 0 Å². The number of hydrogen-bond acceptors (Lipinski definition) is 4. The summed E-state index contributed by atoms with van der Waals surface area (Å²) >= 11 is 1.77. The van der Waals surface area contributed by atoms with Crippen molar-refractivity contribution in [2.45, 2.75) is 18.9 Å². The van der Waals surface area contributed by atoms with E-state index in [-0.39, 0.29) is 0 Å². The molecule has 0 amide bonds. The molecular weight excluding hydrogens is 266 g/mol. The Hall–Kier alpha value is -1.94. The summed E-state index contributed by atoms with van der Waals surface area (Å²) < 4.78 is 0. The van der Waals surface area contributed by atoms with Crippen molar-refractivity contribution in [2.24, 2.45) is 0 Å². The molecule has 0 radical (unpaired) electrons. The number of rotatable bonds is 2. The molecule has 1 aliphatic rings. The zero-order chi connectivity index (χ0) is 13.4. The van der Waals surface area contributed by atoms with Gasteiger partial charge < -0.3 is 4.90 Å². The Morgan fingerprint density at radius 1 is 1.15 bits per heavy atom. The fourth-order valence-corrected chi connectivity index (χ4v) is 3.76. The van der Waals surface area contributed by atoms with E-state index in [1.165, 1.54) is 18.4 Å². The first kappa shape index (κ1) is 11.9. The van der Waals surface area contributed by atoms with Crippen LogP contribution in [0.2, 0.25) is 0 Å². The predicted octanol–water partition coefficient (Wildman–Crippen LogP) is 4.03. The van der Waals surface area contributed by atoms with E-state index in [1.807, 2.05) is 6.07 Å². The number of para-hydroxylation sites is 1. The van der Waals surface area contributed by atoms with Gasteiger partial charge in [0.2, 0.25) is 0 Å². The molecule has 1 saturated heterocycles. The summed E-state index contributed by atoms with van der Waals surface area (Å²) in [7, 11) is 0. The van der Waals surface area contributed by atoms with Gasteiger partial charge in [0.1, 0.15) is 12.1 Å². The van der Waals surface area contributed by atoms with Gasteiger partial charge in [-0.2, -0.15) is 11.3 Å². The third-order valence-electron chi connectivity index (χ3n) is 3.97. The van der Waals surface area contributed by atoms with Crippen LogP contribution < -0.4 is 4.90 Å². The van der Waals surface area contributed by atoms with E-state index in [4.69, 9.17) is 0 Å². The monoisotopic (exact) mass is 281 g/mol. The summed E-state index contributed by atoms with van der Waals surface area (Å²) in [6.07, 6.45) is 4.11. The van der Waals surface area contributed by atoms with E-state index in [0.29, 0.717) is 6.04 Å². The molecule has 2 aromatic heterocycles. The highest BCUT2D eigenvalue weighted by atomic mass is 32.1. The minimum Gasteiger partial charge on any atom is -0.349 e. The maximum atomic E-state index is 4.57. The molecule has 4 rings (SSSR count). The van der Waals surface area contributed by atoms with Gasteiger partial charge in [-0.25, -0.2) is 9.97 Å². The maximum absolute atomic E-state index is 4.57. The Kier molecular flexibility index (Phi) is 2.89. The first-order chi connectivity index (χ1) is 9.93. The summed E-state index contributed by atoms with van der Waals surface area (Å²) in [5.41, 5.74) is 2.43. The zero-order valence-corrected chi connectivity index (χ0v) is 11.9. The summed E-state index contributed by atoms with van der Waals surface area (Å²) in [6, 6.07) is 10.9. The van der Waals surface area contributed by atoms with Crippen LogP contribution in [0.4, 0.5) is 5.82 Å². The molecule has 3 heterocycles.